The average molecular weight is 318 g/mol. The molecule has 2 aromatic rings. The van der Waals surface area contributed by atoms with Gasteiger partial charge in [0.1, 0.15) is 17.7 Å². The summed E-state index contributed by atoms with van der Waals surface area (Å²) in [6, 6.07) is 16.4. The maximum atomic E-state index is 8.95. The summed E-state index contributed by atoms with van der Waals surface area (Å²) in [4.78, 5) is 1.28. The summed E-state index contributed by atoms with van der Waals surface area (Å²) in [6.07, 6.45) is 1.67. The van der Waals surface area contributed by atoms with Crippen LogP contribution in [-0.4, -0.2) is 0 Å². The van der Waals surface area contributed by atoms with Gasteiger partial charge in [0.05, 0.1) is 0 Å². The van der Waals surface area contributed by atoms with Gasteiger partial charge in [-0.25, -0.2) is 0 Å². The number of hydrogen-bond donors (Lipinski definition) is 0. The number of hydrogen-bond acceptors (Lipinski definition) is 3. The van der Waals surface area contributed by atoms with Gasteiger partial charge in [0.25, 0.3) is 0 Å². The summed E-state index contributed by atoms with van der Waals surface area (Å²) in [5, 5.41) is 17.9. The Balaban J connectivity index is 2.32. The Morgan fingerprint density at radius 3 is 2.43 bits per heavy atom. The summed E-state index contributed by atoms with van der Waals surface area (Å²) in [6.45, 7) is 6.20. The monoisotopic (exact) mass is 318 g/mol. The zero-order valence-electron chi connectivity index (χ0n) is 13.6. The van der Waals surface area contributed by atoms with Crippen LogP contribution < -0.4 is 0 Å². The lowest BCUT2D eigenvalue weighted by Crippen LogP contribution is -1.93. The standard InChI is InChI=1S/C20H18N2S/c1-14-8-18(10-17(11-21)12-22)16(3)19(9-14)13-23-20-7-5-4-6-15(20)2/h4-10H,13H2,1-3H3. The van der Waals surface area contributed by atoms with E-state index in [9.17, 15) is 0 Å². The predicted molar refractivity (Wildman–Crippen MR) is 95.9 cm³/mol. The number of nitrogens with zero attached hydrogens (tertiary/aromatic N) is 2. The van der Waals surface area contributed by atoms with Crippen molar-refractivity contribution in [2.75, 3.05) is 0 Å². The summed E-state index contributed by atoms with van der Waals surface area (Å²) in [7, 11) is 0. The van der Waals surface area contributed by atoms with Crippen molar-refractivity contribution in [3.8, 4) is 12.1 Å². The van der Waals surface area contributed by atoms with E-state index in [1.807, 2.05) is 49.9 Å². The average Bonchev–Trinajstić information content (AvgIpc) is 2.55. The highest BCUT2D eigenvalue weighted by Crippen LogP contribution is 2.29. The molecule has 2 aromatic carbocycles. The number of nitriles is 2. The predicted octanol–water partition coefficient (Wildman–Crippen LogP) is 5.33. The van der Waals surface area contributed by atoms with Crippen molar-refractivity contribution in [2.45, 2.75) is 31.4 Å². The van der Waals surface area contributed by atoms with Crippen LogP contribution in [0.5, 0.6) is 0 Å². The molecule has 0 saturated heterocycles. The van der Waals surface area contributed by atoms with E-state index in [2.05, 4.69) is 31.2 Å². The van der Waals surface area contributed by atoms with Gasteiger partial charge in [0, 0.05) is 10.6 Å². The SMILES string of the molecule is Cc1cc(C=C(C#N)C#N)c(C)c(CSc2ccccc2C)c1. The van der Waals surface area contributed by atoms with E-state index < -0.39 is 0 Å². The number of aryl methyl sites for hydroxylation is 2. The molecule has 0 heterocycles. The number of benzene rings is 2. The third-order valence-electron chi connectivity index (χ3n) is 3.72. The molecule has 0 atom stereocenters. The summed E-state index contributed by atoms with van der Waals surface area (Å²) < 4.78 is 0. The molecule has 0 aromatic heterocycles. The van der Waals surface area contributed by atoms with Crippen molar-refractivity contribution in [2.24, 2.45) is 0 Å². The fourth-order valence-corrected chi connectivity index (χ4v) is 3.46. The summed E-state index contributed by atoms with van der Waals surface area (Å²) in [5.41, 5.74) is 5.86. The highest BCUT2D eigenvalue weighted by Gasteiger charge is 2.07. The van der Waals surface area contributed by atoms with Gasteiger partial charge in [0.15, 0.2) is 0 Å². The van der Waals surface area contributed by atoms with Gasteiger partial charge < -0.3 is 0 Å². The third-order valence-corrected chi connectivity index (χ3v) is 4.94. The molecule has 0 fully saturated rings. The van der Waals surface area contributed by atoms with E-state index in [4.69, 9.17) is 10.5 Å². The zero-order valence-corrected chi connectivity index (χ0v) is 14.4. The molecule has 0 unspecified atom stereocenters. The molecule has 0 aliphatic carbocycles. The molecule has 2 nitrogen and oxygen atoms in total. The molecule has 3 heteroatoms. The molecule has 0 spiro atoms. The lowest BCUT2D eigenvalue weighted by molar-refractivity contribution is 1.24. The first-order chi connectivity index (χ1) is 11.0. The smallest absolute Gasteiger partial charge is 0.130 e. The van der Waals surface area contributed by atoms with Crippen LogP contribution >= 0.6 is 11.8 Å². The molecule has 0 N–H and O–H groups in total. The lowest BCUT2D eigenvalue weighted by atomic mass is 9.98. The first-order valence-corrected chi connectivity index (χ1v) is 8.34. The van der Waals surface area contributed by atoms with Gasteiger partial charge in [-0.3, -0.25) is 0 Å². The van der Waals surface area contributed by atoms with Crippen molar-refractivity contribution in [3.05, 3.63) is 69.8 Å². The van der Waals surface area contributed by atoms with E-state index >= 15 is 0 Å². The fourth-order valence-electron chi connectivity index (χ4n) is 2.38. The van der Waals surface area contributed by atoms with Crippen molar-refractivity contribution in [3.63, 3.8) is 0 Å². The second-order valence-corrected chi connectivity index (χ2v) is 6.49. The molecule has 23 heavy (non-hydrogen) atoms. The molecule has 0 saturated carbocycles. The van der Waals surface area contributed by atoms with Gasteiger partial charge in [0.2, 0.25) is 0 Å². The van der Waals surface area contributed by atoms with Crippen LogP contribution in [-0.2, 0) is 5.75 Å². The molecule has 0 aliphatic heterocycles. The Morgan fingerprint density at radius 1 is 1.09 bits per heavy atom. The molecule has 2 rings (SSSR count). The summed E-state index contributed by atoms with van der Waals surface area (Å²) in [5.74, 6) is 0.869. The van der Waals surface area contributed by atoms with E-state index in [1.54, 1.807) is 6.08 Å². The second-order valence-electron chi connectivity index (χ2n) is 5.47. The Bertz CT molecular complexity index is 820. The quantitative estimate of drug-likeness (QED) is 0.565. The Morgan fingerprint density at radius 2 is 1.78 bits per heavy atom. The number of allylic oxidation sites excluding steroid dienone is 1. The fraction of sp³-hybridized carbons (Fsp3) is 0.200. The van der Waals surface area contributed by atoms with E-state index in [-0.39, 0.29) is 5.57 Å². The van der Waals surface area contributed by atoms with E-state index in [1.165, 1.54) is 16.0 Å². The van der Waals surface area contributed by atoms with E-state index in [0.717, 1.165) is 22.4 Å². The first kappa shape index (κ1) is 16.9. The topological polar surface area (TPSA) is 47.6 Å². The largest absolute Gasteiger partial charge is 0.192 e. The van der Waals surface area contributed by atoms with Crippen molar-refractivity contribution >= 4 is 17.8 Å². The van der Waals surface area contributed by atoms with Crippen LogP contribution in [0.1, 0.15) is 27.8 Å². The molecule has 0 aliphatic rings. The van der Waals surface area contributed by atoms with Crippen molar-refractivity contribution < 1.29 is 0 Å². The second kappa shape index (κ2) is 7.68. The number of rotatable bonds is 4. The van der Waals surface area contributed by atoms with Gasteiger partial charge in [-0.05, 0) is 55.2 Å². The van der Waals surface area contributed by atoms with Gasteiger partial charge in [-0.2, -0.15) is 10.5 Å². The Kier molecular flexibility index (Phi) is 5.63. The van der Waals surface area contributed by atoms with Crippen LogP contribution in [0.4, 0.5) is 0 Å². The maximum Gasteiger partial charge on any atom is 0.130 e. The molecule has 0 bridgehead atoms. The van der Waals surface area contributed by atoms with E-state index in [0.29, 0.717) is 0 Å². The molecule has 0 radical (unpaired) electrons. The molecular weight excluding hydrogens is 300 g/mol. The lowest BCUT2D eigenvalue weighted by Gasteiger charge is -2.12. The molecule has 114 valence electrons. The minimum absolute atomic E-state index is 0.135. The normalized spacial score (nSPS) is 9.78. The highest BCUT2D eigenvalue weighted by atomic mass is 32.2. The summed E-state index contributed by atoms with van der Waals surface area (Å²) >= 11 is 1.81. The highest BCUT2D eigenvalue weighted by molar-refractivity contribution is 7.98. The van der Waals surface area contributed by atoms with Crippen molar-refractivity contribution in [1.29, 1.82) is 10.5 Å². The van der Waals surface area contributed by atoms with Gasteiger partial charge in [-0.15, -0.1) is 11.8 Å². The van der Waals surface area contributed by atoms with Crippen LogP contribution in [0.15, 0.2) is 46.9 Å². The zero-order chi connectivity index (χ0) is 16.8. The van der Waals surface area contributed by atoms with Crippen molar-refractivity contribution in [1.82, 2.24) is 0 Å². The van der Waals surface area contributed by atoms with Crippen LogP contribution in [0.3, 0.4) is 0 Å². The Labute approximate surface area is 142 Å². The number of thioether (sulfide) groups is 1. The van der Waals surface area contributed by atoms with Crippen LogP contribution in [0, 0.1) is 43.4 Å². The maximum absolute atomic E-state index is 8.95. The minimum atomic E-state index is 0.135. The van der Waals surface area contributed by atoms with Gasteiger partial charge in [-0.1, -0.05) is 35.9 Å². The van der Waals surface area contributed by atoms with Crippen LogP contribution in [0.2, 0.25) is 0 Å². The van der Waals surface area contributed by atoms with Crippen LogP contribution in [0.25, 0.3) is 6.08 Å². The minimum Gasteiger partial charge on any atom is -0.192 e. The third kappa shape index (κ3) is 4.25. The van der Waals surface area contributed by atoms with Gasteiger partial charge >= 0.3 is 0 Å². The Hall–Kier alpha value is -2.49. The molecule has 0 amide bonds. The first-order valence-electron chi connectivity index (χ1n) is 7.35. The molecular formula is C20H18N2S.